The maximum atomic E-state index is 6.16. The van der Waals surface area contributed by atoms with Gasteiger partial charge in [-0.2, -0.15) is 0 Å². The maximum Gasteiger partial charge on any atom is 0.127 e. The van der Waals surface area contributed by atoms with Gasteiger partial charge in [0.25, 0.3) is 0 Å². The van der Waals surface area contributed by atoms with Crippen molar-refractivity contribution in [3.8, 4) is 0 Å². The highest BCUT2D eigenvalue weighted by atomic mass is 14.8. The second kappa shape index (κ2) is 7.99. The van der Waals surface area contributed by atoms with E-state index in [4.69, 9.17) is 11.5 Å². The zero-order valence-electron chi connectivity index (χ0n) is 13.1. The van der Waals surface area contributed by atoms with Crippen LogP contribution in [-0.2, 0) is 12.8 Å². The summed E-state index contributed by atoms with van der Waals surface area (Å²) in [5, 5.41) is 1.21. The lowest BCUT2D eigenvalue weighted by atomic mass is 10.0. The zero-order valence-corrected chi connectivity index (χ0v) is 13.1. The van der Waals surface area contributed by atoms with Gasteiger partial charge in [0, 0.05) is 5.39 Å². The minimum atomic E-state index is 0.699. The first-order chi connectivity index (χ1) is 10.3. The lowest BCUT2D eigenvalue weighted by Crippen LogP contribution is -2.02. The molecule has 0 saturated carbocycles. The molecular weight excluding hydrogens is 258 g/mol. The lowest BCUT2D eigenvalue weighted by Gasteiger charge is -2.10. The van der Waals surface area contributed by atoms with E-state index in [0.717, 1.165) is 37.7 Å². The fraction of sp³-hybridized carbons (Fsp3) is 0.500. The maximum absolute atomic E-state index is 6.16. The molecule has 2 aromatic rings. The van der Waals surface area contributed by atoms with E-state index >= 15 is 0 Å². The average molecular weight is 285 g/mol. The molecule has 1 heterocycles. The number of aromatic nitrogens is 1. The van der Waals surface area contributed by atoms with Gasteiger partial charge in [0.2, 0.25) is 0 Å². The number of rotatable bonds is 8. The van der Waals surface area contributed by atoms with Crippen LogP contribution in [0.4, 0.5) is 5.82 Å². The first-order valence-corrected chi connectivity index (χ1v) is 8.13. The van der Waals surface area contributed by atoms with E-state index in [1.54, 1.807) is 0 Å². The summed E-state index contributed by atoms with van der Waals surface area (Å²) in [6.45, 7) is 2.97. The van der Waals surface area contributed by atoms with Crippen molar-refractivity contribution >= 4 is 16.7 Å². The second-order valence-electron chi connectivity index (χ2n) is 5.72. The van der Waals surface area contributed by atoms with Crippen LogP contribution in [0, 0.1) is 0 Å². The van der Waals surface area contributed by atoms with Gasteiger partial charge >= 0.3 is 0 Å². The molecule has 0 aliphatic heterocycles. The number of nitrogens with zero attached hydrogens (tertiary/aromatic N) is 1. The van der Waals surface area contributed by atoms with Gasteiger partial charge in [-0.15, -0.1) is 0 Å². The number of hydrogen-bond donors (Lipinski definition) is 2. The van der Waals surface area contributed by atoms with Gasteiger partial charge in [-0.1, -0.05) is 38.0 Å². The van der Waals surface area contributed by atoms with E-state index in [-0.39, 0.29) is 0 Å². The van der Waals surface area contributed by atoms with Crippen LogP contribution in [0.3, 0.4) is 0 Å². The van der Waals surface area contributed by atoms with Gasteiger partial charge in [-0.3, -0.25) is 0 Å². The summed E-state index contributed by atoms with van der Waals surface area (Å²) in [4.78, 5) is 4.68. The van der Waals surface area contributed by atoms with Crippen LogP contribution in [0.25, 0.3) is 10.9 Å². The zero-order chi connectivity index (χ0) is 15.1. The molecule has 4 N–H and O–H groups in total. The van der Waals surface area contributed by atoms with Crippen molar-refractivity contribution in [2.45, 2.75) is 51.9 Å². The molecule has 3 nitrogen and oxygen atoms in total. The summed E-state index contributed by atoms with van der Waals surface area (Å²) in [6.07, 6.45) is 7.87. The molecule has 2 rings (SSSR count). The molecule has 0 amide bonds. The van der Waals surface area contributed by atoms with Crippen LogP contribution >= 0.6 is 0 Å². The molecule has 0 unspecified atom stereocenters. The molecule has 0 spiro atoms. The number of pyridine rings is 1. The molecule has 1 aromatic heterocycles. The third-order valence-electron chi connectivity index (χ3n) is 3.99. The average Bonchev–Trinajstić information content (AvgIpc) is 2.49. The first kappa shape index (κ1) is 15.8. The van der Waals surface area contributed by atoms with E-state index in [1.165, 1.54) is 35.8 Å². The third-order valence-corrected chi connectivity index (χ3v) is 3.99. The van der Waals surface area contributed by atoms with Crippen LogP contribution in [0.1, 0.15) is 50.2 Å². The second-order valence-corrected chi connectivity index (χ2v) is 5.72. The highest BCUT2D eigenvalue weighted by Crippen LogP contribution is 2.24. The van der Waals surface area contributed by atoms with Crippen molar-refractivity contribution in [2.24, 2.45) is 5.73 Å². The Hall–Kier alpha value is -1.61. The molecule has 0 atom stereocenters. The number of aryl methyl sites for hydroxylation is 2. The SMILES string of the molecule is CCCCCc1cc2cccc(CCCCN)c2nc1N. The number of fused-ring (bicyclic) bond motifs is 1. The van der Waals surface area contributed by atoms with Crippen molar-refractivity contribution in [1.82, 2.24) is 4.98 Å². The molecule has 1 aromatic carbocycles. The summed E-state index contributed by atoms with van der Waals surface area (Å²) in [6, 6.07) is 8.63. The lowest BCUT2D eigenvalue weighted by molar-refractivity contribution is 0.717. The van der Waals surface area contributed by atoms with Crippen molar-refractivity contribution in [3.63, 3.8) is 0 Å². The van der Waals surface area contributed by atoms with E-state index in [9.17, 15) is 0 Å². The van der Waals surface area contributed by atoms with Crippen LogP contribution < -0.4 is 11.5 Å². The number of para-hydroxylation sites is 1. The first-order valence-electron chi connectivity index (χ1n) is 8.13. The number of nitrogen functional groups attached to an aromatic ring is 1. The van der Waals surface area contributed by atoms with Crippen molar-refractivity contribution in [2.75, 3.05) is 12.3 Å². The number of nitrogens with two attached hydrogens (primary N) is 2. The Kier molecular flexibility index (Phi) is 6.00. The fourth-order valence-electron chi connectivity index (χ4n) is 2.75. The van der Waals surface area contributed by atoms with Crippen molar-refractivity contribution < 1.29 is 0 Å². The molecule has 0 aliphatic carbocycles. The smallest absolute Gasteiger partial charge is 0.127 e. The summed E-state index contributed by atoms with van der Waals surface area (Å²) in [7, 11) is 0. The topological polar surface area (TPSA) is 64.9 Å². The number of benzene rings is 1. The normalized spacial score (nSPS) is 11.1. The largest absolute Gasteiger partial charge is 0.383 e. The molecule has 0 fully saturated rings. The van der Waals surface area contributed by atoms with Crippen molar-refractivity contribution in [3.05, 3.63) is 35.4 Å². The number of anilines is 1. The number of hydrogen-bond acceptors (Lipinski definition) is 3. The van der Waals surface area contributed by atoms with Crippen LogP contribution in [0.2, 0.25) is 0 Å². The fourth-order valence-corrected chi connectivity index (χ4v) is 2.75. The van der Waals surface area contributed by atoms with Crippen molar-refractivity contribution in [1.29, 1.82) is 0 Å². The van der Waals surface area contributed by atoms with Gasteiger partial charge < -0.3 is 11.5 Å². The predicted molar refractivity (Wildman–Crippen MR) is 91.4 cm³/mol. The minimum Gasteiger partial charge on any atom is -0.383 e. The van der Waals surface area contributed by atoms with E-state index in [0.29, 0.717) is 5.82 Å². The van der Waals surface area contributed by atoms with Gasteiger partial charge in [0.05, 0.1) is 5.52 Å². The van der Waals surface area contributed by atoms with E-state index in [2.05, 4.69) is 36.2 Å². The molecule has 0 radical (unpaired) electrons. The van der Waals surface area contributed by atoms with E-state index in [1.807, 2.05) is 0 Å². The minimum absolute atomic E-state index is 0.699. The molecule has 3 heteroatoms. The third kappa shape index (κ3) is 4.18. The highest BCUT2D eigenvalue weighted by Gasteiger charge is 2.07. The summed E-state index contributed by atoms with van der Waals surface area (Å²) in [5.41, 5.74) is 15.3. The van der Waals surface area contributed by atoms with Gasteiger partial charge in [-0.25, -0.2) is 4.98 Å². The Labute approximate surface area is 127 Å². The quantitative estimate of drug-likeness (QED) is 0.724. The van der Waals surface area contributed by atoms with Gasteiger partial charge in [0.15, 0.2) is 0 Å². The number of unbranched alkanes of at least 4 members (excludes halogenated alkanes) is 3. The van der Waals surface area contributed by atoms with E-state index < -0.39 is 0 Å². The Morgan fingerprint density at radius 3 is 2.52 bits per heavy atom. The monoisotopic (exact) mass is 285 g/mol. The summed E-state index contributed by atoms with van der Waals surface area (Å²) in [5.74, 6) is 0.699. The summed E-state index contributed by atoms with van der Waals surface area (Å²) < 4.78 is 0. The Balaban J connectivity index is 2.23. The molecule has 0 bridgehead atoms. The standard InChI is InChI=1S/C18H27N3/c1-2-3-4-9-16-13-15-11-7-10-14(8-5-6-12-19)17(15)21-18(16)20/h7,10-11,13H,2-6,8-9,12,19H2,1H3,(H2,20,21). The van der Waals surface area contributed by atoms with Crippen LogP contribution in [0.5, 0.6) is 0 Å². The highest BCUT2D eigenvalue weighted by molar-refractivity contribution is 5.84. The predicted octanol–water partition coefficient (Wildman–Crippen LogP) is 3.83. The van der Waals surface area contributed by atoms with Gasteiger partial charge in [0.1, 0.15) is 5.82 Å². The molecule has 0 saturated heterocycles. The van der Waals surface area contributed by atoms with Crippen LogP contribution in [0.15, 0.2) is 24.3 Å². The molecule has 0 aliphatic rings. The Morgan fingerprint density at radius 2 is 1.76 bits per heavy atom. The van der Waals surface area contributed by atoms with Gasteiger partial charge in [-0.05, 0) is 55.8 Å². The molecule has 114 valence electrons. The molecule has 21 heavy (non-hydrogen) atoms. The Bertz CT molecular complexity index is 578. The summed E-state index contributed by atoms with van der Waals surface area (Å²) >= 11 is 0. The Morgan fingerprint density at radius 1 is 1.00 bits per heavy atom. The van der Waals surface area contributed by atoms with Crippen LogP contribution in [-0.4, -0.2) is 11.5 Å². The molecular formula is C18H27N3.